The van der Waals surface area contributed by atoms with Gasteiger partial charge in [-0.2, -0.15) is 0 Å². The number of anilines is 1. The summed E-state index contributed by atoms with van der Waals surface area (Å²) in [6.45, 7) is 0.538. The molecular weight excluding hydrogens is 420 g/mol. The molecule has 0 amide bonds. The van der Waals surface area contributed by atoms with Crippen molar-refractivity contribution >= 4 is 15.5 Å². The molecule has 1 unspecified atom stereocenters. The standard InChI is InChI=1S/C26H30N2O3S/c1-27(2)23-16-10-15-22(17-23)25(32(3,30)31)26(29)18-28(19-26)24(20-11-6-4-7-12-20)21-13-8-5-9-14-21/h4-17,24-25,29H,18-19H2,1-3H3. The molecule has 1 aliphatic heterocycles. The Morgan fingerprint density at radius 2 is 1.34 bits per heavy atom. The number of sulfone groups is 1. The SMILES string of the molecule is CN(C)c1cccc(C(C2(O)CN(C(c3ccccc3)c3ccccc3)C2)S(C)(=O)=O)c1. The molecule has 5 nitrogen and oxygen atoms in total. The Labute approximate surface area is 190 Å². The Morgan fingerprint density at radius 1 is 0.844 bits per heavy atom. The van der Waals surface area contributed by atoms with Gasteiger partial charge in [0.15, 0.2) is 9.84 Å². The minimum Gasteiger partial charge on any atom is -0.385 e. The lowest BCUT2D eigenvalue weighted by Crippen LogP contribution is -2.66. The van der Waals surface area contributed by atoms with E-state index in [1.807, 2.05) is 73.6 Å². The van der Waals surface area contributed by atoms with Crippen molar-refractivity contribution in [2.45, 2.75) is 16.9 Å². The number of nitrogens with zero attached hydrogens (tertiary/aromatic N) is 2. The predicted molar refractivity (Wildman–Crippen MR) is 130 cm³/mol. The molecule has 0 aromatic heterocycles. The third-order valence-corrected chi connectivity index (χ3v) is 7.72. The lowest BCUT2D eigenvalue weighted by atomic mass is 9.82. The highest BCUT2D eigenvalue weighted by atomic mass is 32.2. The zero-order chi connectivity index (χ0) is 22.9. The van der Waals surface area contributed by atoms with Crippen molar-refractivity contribution in [1.82, 2.24) is 4.90 Å². The van der Waals surface area contributed by atoms with E-state index in [9.17, 15) is 13.5 Å². The molecule has 0 aliphatic carbocycles. The first kappa shape index (κ1) is 22.5. The summed E-state index contributed by atoms with van der Waals surface area (Å²) in [5, 5.41) is 10.6. The van der Waals surface area contributed by atoms with Crippen LogP contribution in [0.25, 0.3) is 0 Å². The van der Waals surface area contributed by atoms with E-state index in [1.165, 1.54) is 6.26 Å². The van der Waals surface area contributed by atoms with E-state index in [4.69, 9.17) is 0 Å². The third kappa shape index (κ3) is 4.44. The van der Waals surface area contributed by atoms with Crippen LogP contribution >= 0.6 is 0 Å². The second-order valence-electron chi connectivity index (χ2n) is 8.93. The minimum atomic E-state index is -3.55. The second-order valence-corrected chi connectivity index (χ2v) is 11.1. The average molecular weight is 451 g/mol. The van der Waals surface area contributed by atoms with Crippen molar-refractivity contribution in [1.29, 1.82) is 0 Å². The number of hydrogen-bond acceptors (Lipinski definition) is 5. The lowest BCUT2D eigenvalue weighted by molar-refractivity contribution is -0.112. The fraction of sp³-hybridized carbons (Fsp3) is 0.308. The zero-order valence-electron chi connectivity index (χ0n) is 18.7. The van der Waals surface area contributed by atoms with E-state index >= 15 is 0 Å². The first-order valence-electron chi connectivity index (χ1n) is 10.7. The van der Waals surface area contributed by atoms with Crippen LogP contribution in [0.3, 0.4) is 0 Å². The van der Waals surface area contributed by atoms with Crippen LogP contribution in [-0.2, 0) is 9.84 Å². The molecule has 1 N–H and O–H groups in total. The van der Waals surface area contributed by atoms with E-state index < -0.39 is 20.7 Å². The van der Waals surface area contributed by atoms with E-state index in [-0.39, 0.29) is 19.1 Å². The number of rotatable bonds is 7. The van der Waals surface area contributed by atoms with Gasteiger partial charge < -0.3 is 10.0 Å². The molecular formula is C26H30N2O3S. The predicted octanol–water partition coefficient (Wildman–Crippen LogP) is 3.67. The summed E-state index contributed by atoms with van der Waals surface area (Å²) in [6.07, 6.45) is 1.21. The summed E-state index contributed by atoms with van der Waals surface area (Å²) in [4.78, 5) is 4.08. The van der Waals surface area contributed by atoms with Crippen molar-refractivity contribution in [3.05, 3.63) is 102 Å². The molecule has 168 valence electrons. The number of hydrogen-bond donors (Lipinski definition) is 1. The largest absolute Gasteiger partial charge is 0.385 e. The maximum Gasteiger partial charge on any atom is 0.157 e. The van der Waals surface area contributed by atoms with Crippen LogP contribution in [0.2, 0.25) is 0 Å². The zero-order valence-corrected chi connectivity index (χ0v) is 19.5. The van der Waals surface area contributed by atoms with Crippen LogP contribution in [0.4, 0.5) is 5.69 Å². The molecule has 0 spiro atoms. The molecule has 4 rings (SSSR count). The first-order valence-corrected chi connectivity index (χ1v) is 12.7. The Kier molecular flexibility index (Phi) is 6.12. The maximum absolute atomic E-state index is 12.9. The molecule has 6 heteroatoms. The van der Waals surface area contributed by atoms with E-state index in [0.717, 1.165) is 16.8 Å². The normalized spacial score (nSPS) is 17.0. The van der Waals surface area contributed by atoms with Gasteiger partial charge >= 0.3 is 0 Å². The maximum atomic E-state index is 12.9. The van der Waals surface area contributed by atoms with Crippen LogP contribution in [-0.4, -0.2) is 57.5 Å². The number of benzene rings is 3. The van der Waals surface area contributed by atoms with Gasteiger partial charge in [0.1, 0.15) is 10.9 Å². The summed E-state index contributed by atoms with van der Waals surface area (Å²) in [5.41, 5.74) is 2.40. The Balaban J connectivity index is 1.68. The minimum absolute atomic E-state index is 0.0500. The molecule has 0 saturated carbocycles. The number of likely N-dealkylation sites (tertiary alicyclic amines) is 1. The van der Waals surface area contributed by atoms with Gasteiger partial charge in [-0.15, -0.1) is 0 Å². The van der Waals surface area contributed by atoms with Crippen molar-refractivity contribution in [2.24, 2.45) is 0 Å². The highest BCUT2D eigenvalue weighted by molar-refractivity contribution is 7.91. The van der Waals surface area contributed by atoms with Gasteiger partial charge in [0, 0.05) is 39.1 Å². The molecule has 3 aromatic rings. The molecule has 1 atom stereocenters. The van der Waals surface area contributed by atoms with Crippen LogP contribution < -0.4 is 4.90 Å². The van der Waals surface area contributed by atoms with Gasteiger partial charge in [-0.25, -0.2) is 8.42 Å². The number of β-amino-alcohol motifs (C(OH)–C–C–N with tert-alkyl or cyclic N) is 1. The molecule has 0 radical (unpaired) electrons. The molecule has 1 heterocycles. The van der Waals surface area contributed by atoms with Crippen molar-refractivity contribution < 1.29 is 13.5 Å². The Hall–Kier alpha value is -2.67. The molecule has 1 fully saturated rings. The fourth-order valence-electron chi connectivity index (χ4n) is 4.81. The van der Waals surface area contributed by atoms with Crippen molar-refractivity contribution in [3.63, 3.8) is 0 Å². The third-order valence-electron chi connectivity index (χ3n) is 6.16. The summed E-state index contributed by atoms with van der Waals surface area (Å²) >= 11 is 0. The molecule has 3 aromatic carbocycles. The van der Waals surface area contributed by atoms with Crippen molar-refractivity contribution in [2.75, 3.05) is 38.3 Å². The van der Waals surface area contributed by atoms with Gasteiger partial charge in [-0.3, -0.25) is 4.90 Å². The van der Waals surface area contributed by atoms with Gasteiger partial charge in [-0.1, -0.05) is 72.8 Å². The smallest absolute Gasteiger partial charge is 0.157 e. The van der Waals surface area contributed by atoms with E-state index in [1.54, 1.807) is 6.07 Å². The Morgan fingerprint density at radius 3 is 1.81 bits per heavy atom. The fourth-order valence-corrected chi connectivity index (χ4v) is 6.40. The summed E-state index contributed by atoms with van der Waals surface area (Å²) in [5.74, 6) is 0. The van der Waals surface area contributed by atoms with Gasteiger partial charge in [0.05, 0.1) is 6.04 Å². The summed E-state index contributed by atoms with van der Waals surface area (Å²) in [7, 11) is 0.278. The quantitative estimate of drug-likeness (QED) is 0.595. The van der Waals surface area contributed by atoms with Crippen LogP contribution in [0, 0.1) is 0 Å². The topological polar surface area (TPSA) is 60.9 Å². The lowest BCUT2D eigenvalue weighted by Gasteiger charge is -2.53. The molecule has 1 aliphatic rings. The van der Waals surface area contributed by atoms with Crippen molar-refractivity contribution in [3.8, 4) is 0 Å². The molecule has 1 saturated heterocycles. The monoisotopic (exact) mass is 450 g/mol. The Bertz CT molecular complexity index is 1120. The van der Waals surface area contributed by atoms with Crippen LogP contribution in [0.1, 0.15) is 28.0 Å². The summed E-state index contributed by atoms with van der Waals surface area (Å²) in [6, 6.07) is 27.7. The molecule has 0 bridgehead atoms. The second kappa shape index (κ2) is 8.70. The highest BCUT2D eigenvalue weighted by Crippen LogP contribution is 2.44. The average Bonchev–Trinajstić information content (AvgIpc) is 2.73. The van der Waals surface area contributed by atoms with E-state index in [0.29, 0.717) is 5.56 Å². The summed E-state index contributed by atoms with van der Waals surface area (Å²) < 4.78 is 25.8. The van der Waals surface area contributed by atoms with Gasteiger partial charge in [0.25, 0.3) is 0 Å². The van der Waals surface area contributed by atoms with Gasteiger partial charge in [0.2, 0.25) is 0 Å². The first-order chi connectivity index (χ1) is 15.2. The molecule has 32 heavy (non-hydrogen) atoms. The van der Waals surface area contributed by atoms with Gasteiger partial charge in [-0.05, 0) is 28.8 Å². The van der Waals surface area contributed by atoms with Crippen LogP contribution in [0.5, 0.6) is 0 Å². The van der Waals surface area contributed by atoms with E-state index in [2.05, 4.69) is 29.2 Å². The highest BCUT2D eigenvalue weighted by Gasteiger charge is 2.54. The number of aliphatic hydroxyl groups is 1. The van der Waals surface area contributed by atoms with Crippen LogP contribution in [0.15, 0.2) is 84.9 Å².